The molecule has 0 unspecified atom stereocenters. The van der Waals surface area contributed by atoms with E-state index >= 15 is 0 Å². The minimum absolute atomic E-state index is 0.00978. The van der Waals surface area contributed by atoms with Gasteiger partial charge >= 0.3 is 11.9 Å². The fraction of sp³-hybridized carbons (Fsp3) is 0.222. The van der Waals surface area contributed by atoms with E-state index in [-0.39, 0.29) is 27.3 Å². The van der Waals surface area contributed by atoms with Gasteiger partial charge in [0.15, 0.2) is 11.6 Å². The first-order valence-electron chi connectivity index (χ1n) is 9.06. The second kappa shape index (κ2) is 7.75. The number of rotatable bonds is 4. The van der Waals surface area contributed by atoms with E-state index in [0.717, 1.165) is 16.8 Å². The average molecular weight is 467 g/mol. The van der Waals surface area contributed by atoms with Crippen molar-refractivity contribution in [2.45, 2.75) is 19.1 Å². The van der Waals surface area contributed by atoms with E-state index in [0.29, 0.717) is 11.6 Å². The molecule has 14 heteroatoms. The van der Waals surface area contributed by atoms with Crippen LogP contribution in [0.15, 0.2) is 40.2 Å². The molecule has 3 aromatic heterocycles. The van der Waals surface area contributed by atoms with Crippen LogP contribution in [0.3, 0.4) is 0 Å². The number of hydrogen-bond donors (Lipinski definition) is 2. The molecule has 32 heavy (non-hydrogen) atoms. The molecule has 4 rings (SSSR count). The van der Waals surface area contributed by atoms with Crippen LogP contribution in [-0.4, -0.2) is 34.5 Å². The number of aromatic nitrogens is 7. The molecule has 0 fully saturated rings. The molecule has 0 saturated carbocycles. The second-order valence-corrected chi connectivity index (χ2v) is 7.23. The van der Waals surface area contributed by atoms with Gasteiger partial charge in [-0.15, -0.1) is 5.10 Å². The molecule has 4 aromatic rings. The fourth-order valence-electron chi connectivity index (χ4n) is 3.09. The quantitative estimate of drug-likeness (QED) is 0.473. The third-order valence-corrected chi connectivity index (χ3v) is 4.89. The number of anilines is 1. The van der Waals surface area contributed by atoms with Gasteiger partial charge < -0.3 is 10.3 Å². The lowest BCUT2D eigenvalue weighted by Gasteiger charge is -2.17. The molecule has 0 aliphatic carbocycles. The molecule has 166 valence electrons. The summed E-state index contributed by atoms with van der Waals surface area (Å²) in [5, 5.41) is 10.8. The standard InChI is InChI=1S/C18H14ClF3N8O2/c1-8(16-23-7-24-30(16)12-3-4-13(31)29(2)28-12)25-15-10-5-9(18(20,21)22)6-11(19)14(10)26-17(32)27-15/h3-8H,1-2H3,(H2,25,26,27,32)/t8-/m0/s1. The van der Waals surface area contributed by atoms with Gasteiger partial charge in [0.05, 0.1) is 22.1 Å². The van der Waals surface area contributed by atoms with Crippen LogP contribution in [0.5, 0.6) is 0 Å². The van der Waals surface area contributed by atoms with Crippen LogP contribution in [0.2, 0.25) is 5.02 Å². The smallest absolute Gasteiger partial charge is 0.360 e. The molecule has 0 amide bonds. The van der Waals surface area contributed by atoms with Crippen molar-refractivity contribution in [2.75, 3.05) is 5.32 Å². The van der Waals surface area contributed by atoms with Gasteiger partial charge in [-0.3, -0.25) is 4.79 Å². The first kappa shape index (κ1) is 21.5. The molecule has 0 aliphatic rings. The monoisotopic (exact) mass is 466 g/mol. The fourth-order valence-corrected chi connectivity index (χ4v) is 3.35. The van der Waals surface area contributed by atoms with Crippen molar-refractivity contribution < 1.29 is 13.2 Å². The summed E-state index contributed by atoms with van der Waals surface area (Å²) in [7, 11) is 1.47. The number of benzene rings is 1. The van der Waals surface area contributed by atoms with E-state index in [1.54, 1.807) is 6.92 Å². The summed E-state index contributed by atoms with van der Waals surface area (Å²) in [4.78, 5) is 33.9. The number of nitrogens with zero attached hydrogens (tertiary/aromatic N) is 6. The first-order chi connectivity index (χ1) is 15.0. The number of alkyl halides is 3. The molecule has 2 N–H and O–H groups in total. The Bertz CT molecular complexity index is 1440. The third kappa shape index (κ3) is 3.93. The Morgan fingerprint density at radius 3 is 2.66 bits per heavy atom. The number of fused-ring (bicyclic) bond motifs is 1. The lowest BCUT2D eigenvalue weighted by molar-refractivity contribution is -0.137. The van der Waals surface area contributed by atoms with Crippen LogP contribution < -0.4 is 16.6 Å². The van der Waals surface area contributed by atoms with Crippen LogP contribution in [0.4, 0.5) is 19.0 Å². The van der Waals surface area contributed by atoms with Crippen molar-refractivity contribution in [3.05, 3.63) is 67.8 Å². The Morgan fingerprint density at radius 1 is 1.22 bits per heavy atom. The van der Waals surface area contributed by atoms with Crippen LogP contribution in [0.1, 0.15) is 24.4 Å². The minimum atomic E-state index is -4.65. The van der Waals surface area contributed by atoms with Gasteiger partial charge in [-0.25, -0.2) is 14.5 Å². The summed E-state index contributed by atoms with van der Waals surface area (Å²) < 4.78 is 42.3. The van der Waals surface area contributed by atoms with E-state index in [4.69, 9.17) is 11.6 Å². The summed E-state index contributed by atoms with van der Waals surface area (Å²) in [5.41, 5.74) is -2.10. The maximum absolute atomic E-state index is 13.3. The summed E-state index contributed by atoms with van der Waals surface area (Å²) in [6.45, 7) is 1.65. The molecule has 10 nitrogen and oxygen atoms in total. The highest BCUT2D eigenvalue weighted by Crippen LogP contribution is 2.36. The van der Waals surface area contributed by atoms with Crippen molar-refractivity contribution >= 4 is 28.3 Å². The van der Waals surface area contributed by atoms with Crippen LogP contribution in [0, 0.1) is 0 Å². The summed E-state index contributed by atoms with van der Waals surface area (Å²) >= 11 is 5.99. The topological polar surface area (TPSA) is 123 Å². The van der Waals surface area contributed by atoms with Crippen LogP contribution >= 0.6 is 11.6 Å². The lowest BCUT2D eigenvalue weighted by atomic mass is 10.1. The van der Waals surface area contributed by atoms with Gasteiger partial charge in [0.25, 0.3) is 5.56 Å². The highest BCUT2D eigenvalue weighted by Gasteiger charge is 2.32. The van der Waals surface area contributed by atoms with Gasteiger partial charge in [0.2, 0.25) is 0 Å². The number of nitrogens with one attached hydrogen (secondary N) is 2. The Morgan fingerprint density at radius 2 is 1.97 bits per heavy atom. The second-order valence-electron chi connectivity index (χ2n) is 6.82. The first-order valence-corrected chi connectivity index (χ1v) is 9.44. The predicted molar refractivity (Wildman–Crippen MR) is 109 cm³/mol. The molecular weight excluding hydrogens is 453 g/mol. The highest BCUT2D eigenvalue weighted by molar-refractivity contribution is 6.35. The van der Waals surface area contributed by atoms with E-state index in [1.807, 2.05) is 0 Å². The molecule has 1 atom stereocenters. The largest absolute Gasteiger partial charge is 0.416 e. The van der Waals surface area contributed by atoms with Crippen LogP contribution in [0.25, 0.3) is 16.7 Å². The normalized spacial score (nSPS) is 12.8. The van der Waals surface area contributed by atoms with Crippen molar-refractivity contribution in [1.82, 2.24) is 34.5 Å². The Balaban J connectivity index is 1.78. The predicted octanol–water partition coefficient (Wildman–Crippen LogP) is 2.44. The maximum Gasteiger partial charge on any atom is 0.416 e. The zero-order chi connectivity index (χ0) is 23.2. The van der Waals surface area contributed by atoms with E-state index in [1.165, 1.54) is 30.2 Å². The van der Waals surface area contributed by atoms with Gasteiger partial charge in [-0.1, -0.05) is 11.6 Å². The molecule has 3 heterocycles. The summed E-state index contributed by atoms with van der Waals surface area (Å²) in [5.74, 6) is 0.482. The van der Waals surface area contributed by atoms with Crippen LogP contribution in [-0.2, 0) is 13.2 Å². The molecule has 0 saturated heterocycles. The van der Waals surface area contributed by atoms with Gasteiger partial charge in [0.1, 0.15) is 12.1 Å². The minimum Gasteiger partial charge on any atom is -0.360 e. The molecule has 1 aromatic carbocycles. The Hall–Kier alpha value is -3.74. The Kier molecular flexibility index (Phi) is 5.20. The lowest BCUT2D eigenvalue weighted by Crippen LogP contribution is -2.22. The average Bonchev–Trinajstić information content (AvgIpc) is 3.20. The Labute approximate surface area is 181 Å². The number of aryl methyl sites for hydroxylation is 1. The highest BCUT2D eigenvalue weighted by atomic mass is 35.5. The van der Waals surface area contributed by atoms with E-state index in [2.05, 4.69) is 30.5 Å². The maximum atomic E-state index is 13.3. The summed E-state index contributed by atoms with van der Waals surface area (Å²) in [6.07, 6.45) is -3.39. The number of halogens is 4. The molecular formula is C18H14ClF3N8O2. The number of aromatic amines is 1. The summed E-state index contributed by atoms with van der Waals surface area (Å²) in [6, 6.07) is 3.65. The zero-order valence-electron chi connectivity index (χ0n) is 16.5. The van der Waals surface area contributed by atoms with E-state index in [9.17, 15) is 22.8 Å². The molecule has 0 bridgehead atoms. The van der Waals surface area contributed by atoms with Crippen molar-refractivity contribution in [3.63, 3.8) is 0 Å². The van der Waals surface area contributed by atoms with Crippen molar-refractivity contribution in [2.24, 2.45) is 7.05 Å². The SMILES string of the molecule is C[C@H](Nc1nc(=O)[nH]c2c(Cl)cc(C(F)(F)F)cc12)c1ncnn1-c1ccc(=O)n(C)n1. The molecule has 0 spiro atoms. The number of hydrogen-bond acceptors (Lipinski definition) is 7. The third-order valence-electron chi connectivity index (χ3n) is 4.60. The van der Waals surface area contributed by atoms with Gasteiger partial charge in [-0.05, 0) is 25.1 Å². The zero-order valence-corrected chi connectivity index (χ0v) is 17.2. The van der Waals surface area contributed by atoms with Crippen molar-refractivity contribution in [1.29, 1.82) is 0 Å². The molecule has 0 aliphatic heterocycles. The number of H-pyrrole nitrogens is 1. The van der Waals surface area contributed by atoms with E-state index < -0.39 is 23.5 Å². The van der Waals surface area contributed by atoms with Gasteiger partial charge in [-0.2, -0.15) is 27.9 Å². The van der Waals surface area contributed by atoms with Gasteiger partial charge in [0, 0.05) is 18.5 Å². The molecule has 0 radical (unpaired) electrons. The van der Waals surface area contributed by atoms with Crippen molar-refractivity contribution in [3.8, 4) is 5.82 Å².